The van der Waals surface area contributed by atoms with Crippen molar-refractivity contribution in [2.45, 2.75) is 26.3 Å². The van der Waals surface area contributed by atoms with E-state index in [9.17, 15) is 4.79 Å². The number of H-pyrrole nitrogens is 1. The van der Waals surface area contributed by atoms with Crippen LogP contribution in [0, 0.1) is 0 Å². The number of nitrogens with one attached hydrogen (secondary N) is 1. The van der Waals surface area contributed by atoms with Crippen molar-refractivity contribution in [2.75, 3.05) is 6.54 Å². The second kappa shape index (κ2) is 4.14. The molecule has 1 heterocycles. The average molecular weight is 219 g/mol. The summed E-state index contributed by atoms with van der Waals surface area (Å²) in [6.45, 7) is 4.59. The molecule has 0 unspecified atom stereocenters. The maximum absolute atomic E-state index is 11.9. The quantitative estimate of drug-likeness (QED) is 0.819. The Morgan fingerprint density at radius 1 is 1.44 bits per heavy atom. The summed E-state index contributed by atoms with van der Waals surface area (Å²) >= 11 is 0. The van der Waals surface area contributed by atoms with Gasteiger partial charge >= 0.3 is 0 Å². The number of aromatic amines is 1. The van der Waals surface area contributed by atoms with E-state index >= 15 is 0 Å². The number of aromatic nitrogens is 2. The van der Waals surface area contributed by atoms with Gasteiger partial charge in [0.05, 0.1) is 10.9 Å². The summed E-state index contributed by atoms with van der Waals surface area (Å²) in [6.07, 6.45) is 0.838. The van der Waals surface area contributed by atoms with Gasteiger partial charge in [-0.1, -0.05) is 6.07 Å². The lowest BCUT2D eigenvalue weighted by molar-refractivity contribution is 0.522. The fraction of sp³-hybridized carbons (Fsp3) is 0.417. The summed E-state index contributed by atoms with van der Waals surface area (Å²) in [4.78, 5) is 11.9. The van der Waals surface area contributed by atoms with Crippen LogP contribution in [-0.4, -0.2) is 16.3 Å². The Morgan fingerprint density at radius 3 is 2.81 bits per heavy atom. The van der Waals surface area contributed by atoms with E-state index in [0.29, 0.717) is 6.54 Å². The van der Waals surface area contributed by atoms with Crippen LogP contribution in [0.15, 0.2) is 23.0 Å². The number of fused-ring (bicyclic) bond motifs is 1. The van der Waals surface area contributed by atoms with Crippen molar-refractivity contribution >= 4 is 10.9 Å². The molecule has 4 nitrogen and oxygen atoms in total. The van der Waals surface area contributed by atoms with E-state index in [-0.39, 0.29) is 11.6 Å². The molecule has 2 rings (SSSR count). The first-order chi connectivity index (χ1) is 7.63. The van der Waals surface area contributed by atoms with E-state index in [1.165, 1.54) is 0 Å². The van der Waals surface area contributed by atoms with Gasteiger partial charge in [0, 0.05) is 6.04 Å². The van der Waals surface area contributed by atoms with Gasteiger partial charge in [0.2, 0.25) is 0 Å². The van der Waals surface area contributed by atoms with Gasteiger partial charge in [-0.05, 0) is 44.5 Å². The molecular formula is C12H17N3O. The van der Waals surface area contributed by atoms with Gasteiger partial charge in [0.15, 0.2) is 0 Å². The molecule has 0 aliphatic rings. The van der Waals surface area contributed by atoms with Crippen molar-refractivity contribution < 1.29 is 0 Å². The van der Waals surface area contributed by atoms with Crippen molar-refractivity contribution in [2.24, 2.45) is 5.73 Å². The Balaban J connectivity index is 2.58. The summed E-state index contributed by atoms with van der Waals surface area (Å²) in [5.74, 6) is 0. The molecule has 0 aliphatic heterocycles. The SMILES string of the molecule is CC(C)n1[nH]c2cc(CCN)ccc2c1=O. The second-order valence-electron chi connectivity index (χ2n) is 4.30. The molecule has 0 atom stereocenters. The third-order valence-electron chi connectivity index (χ3n) is 2.72. The van der Waals surface area contributed by atoms with Crippen LogP contribution in [0.5, 0.6) is 0 Å². The van der Waals surface area contributed by atoms with Crippen LogP contribution in [0.3, 0.4) is 0 Å². The molecule has 86 valence electrons. The maximum atomic E-state index is 11.9. The Morgan fingerprint density at radius 2 is 2.19 bits per heavy atom. The highest BCUT2D eigenvalue weighted by Gasteiger charge is 2.08. The van der Waals surface area contributed by atoms with Crippen molar-refractivity contribution in [3.63, 3.8) is 0 Å². The van der Waals surface area contributed by atoms with Crippen LogP contribution in [0.25, 0.3) is 10.9 Å². The molecule has 4 heteroatoms. The first kappa shape index (κ1) is 11.0. The zero-order valence-electron chi connectivity index (χ0n) is 9.66. The molecule has 2 aromatic rings. The van der Waals surface area contributed by atoms with Crippen LogP contribution >= 0.6 is 0 Å². The number of hydrogen-bond acceptors (Lipinski definition) is 2. The minimum absolute atomic E-state index is 0.0456. The molecule has 0 saturated heterocycles. The van der Waals surface area contributed by atoms with E-state index < -0.39 is 0 Å². The summed E-state index contributed by atoms with van der Waals surface area (Å²) in [6, 6.07) is 5.99. The third-order valence-corrected chi connectivity index (χ3v) is 2.72. The van der Waals surface area contributed by atoms with E-state index in [2.05, 4.69) is 5.10 Å². The van der Waals surface area contributed by atoms with Crippen LogP contribution < -0.4 is 11.3 Å². The first-order valence-electron chi connectivity index (χ1n) is 5.56. The van der Waals surface area contributed by atoms with Crippen molar-refractivity contribution in [1.29, 1.82) is 0 Å². The second-order valence-corrected chi connectivity index (χ2v) is 4.30. The topological polar surface area (TPSA) is 63.8 Å². The summed E-state index contributed by atoms with van der Waals surface area (Å²) < 4.78 is 1.65. The van der Waals surface area contributed by atoms with E-state index in [1.807, 2.05) is 32.0 Å². The normalized spacial score (nSPS) is 11.5. The number of hydrogen-bond donors (Lipinski definition) is 2. The Hall–Kier alpha value is -1.55. The van der Waals surface area contributed by atoms with Crippen molar-refractivity contribution in [1.82, 2.24) is 9.78 Å². The van der Waals surface area contributed by atoms with Gasteiger partial charge in [0.1, 0.15) is 0 Å². The number of benzene rings is 1. The Labute approximate surface area is 94.0 Å². The minimum Gasteiger partial charge on any atom is -0.330 e. The highest BCUT2D eigenvalue weighted by atomic mass is 16.1. The molecule has 0 spiro atoms. The molecule has 0 fully saturated rings. The lowest BCUT2D eigenvalue weighted by Crippen LogP contribution is -2.18. The number of rotatable bonds is 3. The lowest BCUT2D eigenvalue weighted by atomic mass is 10.1. The molecule has 16 heavy (non-hydrogen) atoms. The zero-order valence-corrected chi connectivity index (χ0v) is 9.66. The van der Waals surface area contributed by atoms with Gasteiger partial charge in [-0.3, -0.25) is 9.89 Å². The molecule has 0 saturated carbocycles. The standard InChI is InChI=1S/C12H17N3O/c1-8(2)15-12(16)10-4-3-9(5-6-13)7-11(10)14-15/h3-4,7-8,14H,5-6,13H2,1-2H3. The van der Waals surface area contributed by atoms with Crippen LogP contribution in [0.4, 0.5) is 0 Å². The van der Waals surface area contributed by atoms with Crippen LogP contribution in [0.2, 0.25) is 0 Å². The van der Waals surface area contributed by atoms with Crippen molar-refractivity contribution in [3.05, 3.63) is 34.1 Å². The predicted molar refractivity (Wildman–Crippen MR) is 65.7 cm³/mol. The van der Waals surface area contributed by atoms with Gasteiger partial charge in [-0.2, -0.15) is 0 Å². The lowest BCUT2D eigenvalue weighted by Gasteiger charge is -2.03. The molecule has 0 bridgehead atoms. The summed E-state index contributed by atoms with van der Waals surface area (Å²) in [5.41, 5.74) is 7.61. The minimum atomic E-state index is 0.0456. The highest BCUT2D eigenvalue weighted by molar-refractivity contribution is 5.78. The fourth-order valence-corrected chi connectivity index (χ4v) is 1.87. The van der Waals surface area contributed by atoms with Gasteiger partial charge in [-0.15, -0.1) is 0 Å². The summed E-state index contributed by atoms with van der Waals surface area (Å²) in [5, 5.41) is 3.87. The van der Waals surface area contributed by atoms with Crippen LogP contribution in [0.1, 0.15) is 25.5 Å². The molecular weight excluding hydrogens is 202 g/mol. The fourth-order valence-electron chi connectivity index (χ4n) is 1.87. The Kier molecular flexibility index (Phi) is 2.83. The van der Waals surface area contributed by atoms with E-state index in [1.54, 1.807) is 4.68 Å². The van der Waals surface area contributed by atoms with E-state index in [4.69, 9.17) is 5.73 Å². The number of nitrogens with zero attached hydrogens (tertiary/aromatic N) is 1. The molecule has 0 amide bonds. The van der Waals surface area contributed by atoms with Gasteiger partial charge in [0.25, 0.3) is 5.56 Å². The van der Waals surface area contributed by atoms with Gasteiger partial charge < -0.3 is 5.73 Å². The van der Waals surface area contributed by atoms with E-state index in [0.717, 1.165) is 22.9 Å². The van der Waals surface area contributed by atoms with Crippen LogP contribution in [-0.2, 0) is 6.42 Å². The predicted octanol–water partition coefficient (Wildman–Crippen LogP) is 1.41. The first-order valence-corrected chi connectivity index (χ1v) is 5.56. The molecule has 3 N–H and O–H groups in total. The molecule has 0 radical (unpaired) electrons. The zero-order chi connectivity index (χ0) is 11.7. The van der Waals surface area contributed by atoms with Crippen molar-refractivity contribution in [3.8, 4) is 0 Å². The summed E-state index contributed by atoms with van der Waals surface area (Å²) in [7, 11) is 0. The number of nitrogens with two attached hydrogens (primary N) is 1. The largest absolute Gasteiger partial charge is 0.330 e. The third kappa shape index (κ3) is 1.76. The molecule has 1 aromatic heterocycles. The average Bonchev–Trinajstić information content (AvgIpc) is 2.56. The molecule has 0 aliphatic carbocycles. The highest BCUT2D eigenvalue weighted by Crippen LogP contribution is 2.12. The smallest absolute Gasteiger partial charge is 0.274 e. The monoisotopic (exact) mass is 219 g/mol. The van der Waals surface area contributed by atoms with Gasteiger partial charge in [-0.25, -0.2) is 4.68 Å². The maximum Gasteiger partial charge on any atom is 0.274 e. The Bertz CT molecular complexity index is 551. The molecule has 1 aromatic carbocycles.